The summed E-state index contributed by atoms with van der Waals surface area (Å²) in [7, 11) is 1.38. The van der Waals surface area contributed by atoms with E-state index in [-0.39, 0.29) is 30.0 Å². The Kier molecular flexibility index (Phi) is 10.6. The highest BCUT2D eigenvalue weighted by Crippen LogP contribution is 2.34. The number of ketones is 1. The highest BCUT2D eigenvalue weighted by atomic mass is 16.5. The van der Waals surface area contributed by atoms with E-state index in [4.69, 9.17) is 0 Å². The molecule has 0 heterocycles. The first kappa shape index (κ1) is 23.6. The van der Waals surface area contributed by atoms with Gasteiger partial charge >= 0.3 is 5.97 Å². The number of unbranched alkanes of at least 4 members (excludes halogenated alkanes) is 3. The Morgan fingerprint density at radius 3 is 2.70 bits per heavy atom. The summed E-state index contributed by atoms with van der Waals surface area (Å²) < 4.78 is 4.60. The first-order chi connectivity index (χ1) is 12.8. The van der Waals surface area contributed by atoms with E-state index in [1.54, 1.807) is 13.0 Å². The molecule has 0 aliphatic heterocycles. The van der Waals surface area contributed by atoms with Gasteiger partial charge in [-0.25, -0.2) is 0 Å². The number of carbonyl (C=O) groups excluding carboxylic acids is 2. The highest BCUT2D eigenvalue weighted by Gasteiger charge is 2.39. The Labute approximate surface area is 163 Å². The van der Waals surface area contributed by atoms with Gasteiger partial charge in [-0.05, 0) is 32.6 Å². The zero-order valence-corrected chi connectivity index (χ0v) is 17.0. The number of aliphatic hydroxyl groups excluding tert-OH is 1. The Balaban J connectivity index is 2.55. The van der Waals surface area contributed by atoms with Gasteiger partial charge in [-0.15, -0.1) is 0 Å². The summed E-state index contributed by atoms with van der Waals surface area (Å²) in [5.41, 5.74) is -0.908. The predicted octanol–water partition coefficient (Wildman–Crippen LogP) is 3.73. The van der Waals surface area contributed by atoms with Crippen LogP contribution in [0.2, 0.25) is 0 Å². The molecule has 0 bridgehead atoms. The molecule has 27 heavy (non-hydrogen) atoms. The molecule has 2 N–H and O–H groups in total. The minimum atomic E-state index is -0.908. The summed E-state index contributed by atoms with van der Waals surface area (Å²) >= 11 is 0. The molecule has 0 saturated heterocycles. The van der Waals surface area contributed by atoms with Crippen LogP contribution < -0.4 is 0 Å². The number of aliphatic hydroxyl groups is 2. The summed E-state index contributed by atoms with van der Waals surface area (Å²) in [5.74, 6) is -0.648. The number of hydrogen-bond donors (Lipinski definition) is 2. The minimum Gasteiger partial charge on any atom is -0.469 e. The molecule has 4 atom stereocenters. The van der Waals surface area contributed by atoms with E-state index in [1.807, 2.05) is 18.2 Å². The average Bonchev–Trinajstić information content (AvgIpc) is 2.89. The lowest BCUT2D eigenvalue weighted by molar-refractivity contribution is -0.140. The third-order valence-corrected chi connectivity index (χ3v) is 5.23. The molecule has 1 aliphatic rings. The van der Waals surface area contributed by atoms with Crippen molar-refractivity contribution in [2.45, 2.75) is 83.3 Å². The number of carbonyl (C=O) groups is 2. The third kappa shape index (κ3) is 8.85. The van der Waals surface area contributed by atoms with Crippen LogP contribution in [0.3, 0.4) is 0 Å². The number of allylic oxidation sites excluding steroid dienone is 2. The minimum absolute atomic E-state index is 0.0713. The van der Waals surface area contributed by atoms with Crippen molar-refractivity contribution in [3.05, 3.63) is 24.3 Å². The third-order valence-electron chi connectivity index (χ3n) is 5.23. The van der Waals surface area contributed by atoms with Gasteiger partial charge in [-0.1, -0.05) is 50.5 Å². The molecule has 1 saturated carbocycles. The standard InChI is InChI=1S/C22H36O5/c1-4-5-10-14-22(2,26)15-13-18-17(19(23)16-20(18)24)11-8-6-7-9-12-21(25)27-3/h6,8,13,15,17-18,20,24,26H,4-5,7,9-12,14,16H2,1-3H3/b8-6+,15-13+. The fourth-order valence-electron chi connectivity index (χ4n) is 3.49. The van der Waals surface area contributed by atoms with Gasteiger partial charge in [0, 0.05) is 24.7 Å². The van der Waals surface area contributed by atoms with E-state index in [9.17, 15) is 19.8 Å². The van der Waals surface area contributed by atoms with Gasteiger partial charge in [-0.3, -0.25) is 9.59 Å². The van der Waals surface area contributed by atoms with Crippen molar-refractivity contribution in [3.8, 4) is 0 Å². The van der Waals surface area contributed by atoms with Crippen molar-refractivity contribution in [2.24, 2.45) is 11.8 Å². The molecule has 0 amide bonds. The lowest BCUT2D eigenvalue weighted by Crippen LogP contribution is -2.23. The second kappa shape index (κ2) is 12.1. The quantitative estimate of drug-likeness (QED) is 0.306. The first-order valence-corrected chi connectivity index (χ1v) is 10.1. The monoisotopic (exact) mass is 380 g/mol. The normalized spacial score (nSPS) is 25.4. The van der Waals surface area contributed by atoms with Crippen molar-refractivity contribution >= 4 is 11.8 Å². The molecule has 0 aromatic carbocycles. The number of rotatable bonds is 12. The van der Waals surface area contributed by atoms with E-state index in [0.29, 0.717) is 25.7 Å². The molecular formula is C22H36O5. The SMILES string of the molecule is CCCCCC(C)(O)/C=C/C1C(O)CC(=O)C1C/C=C/CCCC(=O)OC. The van der Waals surface area contributed by atoms with Crippen molar-refractivity contribution < 1.29 is 24.5 Å². The van der Waals surface area contributed by atoms with Crippen molar-refractivity contribution in [2.75, 3.05) is 7.11 Å². The van der Waals surface area contributed by atoms with Crippen LogP contribution in [0.25, 0.3) is 0 Å². The van der Waals surface area contributed by atoms with Crippen LogP contribution in [0.1, 0.15) is 71.6 Å². The smallest absolute Gasteiger partial charge is 0.305 e. The van der Waals surface area contributed by atoms with Crippen LogP contribution in [-0.4, -0.2) is 40.8 Å². The topological polar surface area (TPSA) is 83.8 Å². The number of esters is 1. The van der Waals surface area contributed by atoms with Crippen LogP contribution in [0.4, 0.5) is 0 Å². The maximum Gasteiger partial charge on any atom is 0.305 e. The van der Waals surface area contributed by atoms with Crippen LogP contribution in [-0.2, 0) is 14.3 Å². The average molecular weight is 381 g/mol. The fraction of sp³-hybridized carbons (Fsp3) is 0.727. The van der Waals surface area contributed by atoms with Gasteiger partial charge in [0.25, 0.3) is 0 Å². The number of ether oxygens (including phenoxy) is 1. The lowest BCUT2D eigenvalue weighted by Gasteiger charge is -2.21. The van der Waals surface area contributed by atoms with E-state index >= 15 is 0 Å². The zero-order valence-electron chi connectivity index (χ0n) is 17.0. The second-order valence-electron chi connectivity index (χ2n) is 7.77. The Morgan fingerprint density at radius 1 is 1.30 bits per heavy atom. The molecule has 154 valence electrons. The Bertz CT molecular complexity index is 521. The van der Waals surface area contributed by atoms with Crippen molar-refractivity contribution in [1.82, 2.24) is 0 Å². The molecule has 5 nitrogen and oxygen atoms in total. The first-order valence-electron chi connectivity index (χ1n) is 10.1. The molecule has 1 fully saturated rings. The molecule has 5 heteroatoms. The summed E-state index contributed by atoms with van der Waals surface area (Å²) in [5, 5.41) is 20.7. The van der Waals surface area contributed by atoms with Crippen molar-refractivity contribution in [1.29, 1.82) is 0 Å². The van der Waals surface area contributed by atoms with Gasteiger partial charge in [0.15, 0.2) is 0 Å². The van der Waals surface area contributed by atoms with E-state index in [0.717, 1.165) is 25.7 Å². The number of methoxy groups -OCH3 is 1. The molecule has 0 aromatic rings. The van der Waals surface area contributed by atoms with Gasteiger partial charge < -0.3 is 14.9 Å². The zero-order chi connectivity index (χ0) is 20.3. The summed E-state index contributed by atoms with van der Waals surface area (Å²) in [6.45, 7) is 3.90. The van der Waals surface area contributed by atoms with E-state index < -0.39 is 11.7 Å². The van der Waals surface area contributed by atoms with Gasteiger partial charge in [0.2, 0.25) is 0 Å². The maximum absolute atomic E-state index is 12.2. The molecular weight excluding hydrogens is 344 g/mol. The van der Waals surface area contributed by atoms with Crippen LogP contribution >= 0.6 is 0 Å². The Hall–Kier alpha value is -1.46. The molecule has 4 unspecified atom stereocenters. The largest absolute Gasteiger partial charge is 0.469 e. The predicted molar refractivity (Wildman–Crippen MR) is 106 cm³/mol. The van der Waals surface area contributed by atoms with Gasteiger partial charge in [-0.2, -0.15) is 0 Å². The second-order valence-corrected chi connectivity index (χ2v) is 7.77. The van der Waals surface area contributed by atoms with Gasteiger partial charge in [0.05, 0.1) is 18.8 Å². The summed E-state index contributed by atoms with van der Waals surface area (Å²) in [6.07, 6.45) is 13.3. The van der Waals surface area contributed by atoms with Crippen LogP contribution in [0, 0.1) is 11.8 Å². The molecule has 0 aromatic heterocycles. The maximum atomic E-state index is 12.2. The molecule has 1 rings (SSSR count). The number of hydrogen-bond acceptors (Lipinski definition) is 5. The van der Waals surface area contributed by atoms with Crippen molar-refractivity contribution in [3.63, 3.8) is 0 Å². The summed E-state index contributed by atoms with van der Waals surface area (Å²) in [6, 6.07) is 0. The fourth-order valence-corrected chi connectivity index (χ4v) is 3.49. The Morgan fingerprint density at radius 2 is 2.04 bits per heavy atom. The van der Waals surface area contributed by atoms with Gasteiger partial charge in [0.1, 0.15) is 5.78 Å². The van der Waals surface area contributed by atoms with E-state index in [1.165, 1.54) is 7.11 Å². The van der Waals surface area contributed by atoms with Crippen LogP contribution in [0.5, 0.6) is 0 Å². The molecule has 0 radical (unpaired) electrons. The lowest BCUT2D eigenvalue weighted by atomic mass is 9.88. The number of Topliss-reactive ketones (excluding diaryl/α,β-unsaturated/α-hetero) is 1. The highest BCUT2D eigenvalue weighted by molar-refractivity contribution is 5.84. The molecule has 0 spiro atoms. The van der Waals surface area contributed by atoms with Crippen LogP contribution in [0.15, 0.2) is 24.3 Å². The van der Waals surface area contributed by atoms with E-state index in [2.05, 4.69) is 11.7 Å². The molecule has 1 aliphatic carbocycles. The summed E-state index contributed by atoms with van der Waals surface area (Å²) in [4.78, 5) is 23.3.